The van der Waals surface area contributed by atoms with Crippen molar-refractivity contribution in [2.45, 2.75) is 38.1 Å². The van der Waals surface area contributed by atoms with Crippen LogP contribution in [-0.4, -0.2) is 20.6 Å². The standard InChI is InChI=1S/C10H14N2O3/c13-9(14)4-5-12-6-8(11-10(12)15)7-2-1-3-7/h6-7H,1-5H2,(H,11,15)(H,13,14). The lowest BCUT2D eigenvalue weighted by Crippen LogP contribution is -2.18. The molecule has 5 nitrogen and oxygen atoms in total. The largest absolute Gasteiger partial charge is 0.481 e. The first-order valence-electron chi connectivity index (χ1n) is 5.18. The topological polar surface area (TPSA) is 75.1 Å². The summed E-state index contributed by atoms with van der Waals surface area (Å²) in [6.07, 6.45) is 5.21. The third-order valence-electron chi connectivity index (χ3n) is 2.92. The fourth-order valence-corrected chi connectivity index (χ4v) is 1.76. The first-order chi connectivity index (χ1) is 7.16. The van der Waals surface area contributed by atoms with Crippen LogP contribution >= 0.6 is 0 Å². The molecule has 2 N–H and O–H groups in total. The number of carboxylic acid groups (broad SMARTS) is 1. The maximum atomic E-state index is 11.4. The van der Waals surface area contributed by atoms with Gasteiger partial charge in [0.05, 0.1) is 6.42 Å². The van der Waals surface area contributed by atoms with Crippen molar-refractivity contribution in [2.24, 2.45) is 0 Å². The monoisotopic (exact) mass is 210 g/mol. The number of aromatic nitrogens is 2. The summed E-state index contributed by atoms with van der Waals surface area (Å²) in [7, 11) is 0. The van der Waals surface area contributed by atoms with Gasteiger partial charge in [-0.3, -0.25) is 9.36 Å². The van der Waals surface area contributed by atoms with E-state index in [1.807, 2.05) is 0 Å². The van der Waals surface area contributed by atoms with Crippen LogP contribution in [0.5, 0.6) is 0 Å². The molecule has 1 aliphatic carbocycles. The van der Waals surface area contributed by atoms with Crippen molar-refractivity contribution in [1.29, 1.82) is 0 Å². The summed E-state index contributed by atoms with van der Waals surface area (Å²) >= 11 is 0. The maximum Gasteiger partial charge on any atom is 0.325 e. The van der Waals surface area contributed by atoms with Gasteiger partial charge in [0.1, 0.15) is 0 Å². The molecule has 1 aromatic heterocycles. The molecule has 0 amide bonds. The molecule has 1 fully saturated rings. The summed E-state index contributed by atoms with van der Waals surface area (Å²) in [6.45, 7) is 0.247. The van der Waals surface area contributed by atoms with Crippen molar-refractivity contribution in [2.75, 3.05) is 0 Å². The summed E-state index contributed by atoms with van der Waals surface area (Å²) in [4.78, 5) is 24.6. The quantitative estimate of drug-likeness (QED) is 0.775. The van der Waals surface area contributed by atoms with Crippen LogP contribution in [0.2, 0.25) is 0 Å². The van der Waals surface area contributed by atoms with E-state index >= 15 is 0 Å². The zero-order chi connectivity index (χ0) is 10.8. The van der Waals surface area contributed by atoms with Crippen LogP contribution in [0.3, 0.4) is 0 Å². The molecular weight excluding hydrogens is 196 g/mol. The van der Waals surface area contributed by atoms with Gasteiger partial charge in [0, 0.05) is 24.4 Å². The predicted molar refractivity (Wildman–Crippen MR) is 53.9 cm³/mol. The van der Waals surface area contributed by atoms with E-state index in [9.17, 15) is 9.59 Å². The predicted octanol–water partition coefficient (Wildman–Crippen LogP) is 0.919. The highest BCUT2D eigenvalue weighted by Gasteiger charge is 2.21. The van der Waals surface area contributed by atoms with Gasteiger partial charge in [-0.2, -0.15) is 0 Å². The normalized spacial score (nSPS) is 16.3. The van der Waals surface area contributed by atoms with Crippen LogP contribution in [0, 0.1) is 0 Å². The van der Waals surface area contributed by atoms with E-state index < -0.39 is 5.97 Å². The Morgan fingerprint density at radius 1 is 1.60 bits per heavy atom. The van der Waals surface area contributed by atoms with Crippen LogP contribution in [0.25, 0.3) is 0 Å². The molecule has 0 saturated heterocycles. The van der Waals surface area contributed by atoms with Crippen LogP contribution in [0.1, 0.15) is 37.3 Å². The Labute approximate surface area is 86.7 Å². The highest BCUT2D eigenvalue weighted by atomic mass is 16.4. The van der Waals surface area contributed by atoms with Gasteiger partial charge in [-0.15, -0.1) is 0 Å². The number of H-pyrrole nitrogens is 1. The maximum absolute atomic E-state index is 11.4. The molecule has 1 heterocycles. The molecule has 0 unspecified atom stereocenters. The molecule has 0 aliphatic heterocycles. The number of nitrogens with one attached hydrogen (secondary N) is 1. The van der Waals surface area contributed by atoms with Crippen molar-refractivity contribution in [3.05, 3.63) is 22.4 Å². The Bertz CT molecular complexity index is 415. The van der Waals surface area contributed by atoms with E-state index in [4.69, 9.17) is 5.11 Å². The Hall–Kier alpha value is -1.52. The van der Waals surface area contributed by atoms with Crippen molar-refractivity contribution >= 4 is 5.97 Å². The van der Waals surface area contributed by atoms with Crippen molar-refractivity contribution in [3.63, 3.8) is 0 Å². The number of aromatic amines is 1. The van der Waals surface area contributed by atoms with Gasteiger partial charge >= 0.3 is 11.7 Å². The van der Waals surface area contributed by atoms with Crippen molar-refractivity contribution in [3.8, 4) is 0 Å². The van der Waals surface area contributed by atoms with Crippen LogP contribution in [0.15, 0.2) is 11.0 Å². The van der Waals surface area contributed by atoms with Gasteiger partial charge in [-0.1, -0.05) is 6.42 Å². The lowest BCUT2D eigenvalue weighted by atomic mass is 9.83. The van der Waals surface area contributed by atoms with Crippen molar-refractivity contribution < 1.29 is 9.90 Å². The Balaban J connectivity index is 2.07. The molecule has 0 radical (unpaired) electrons. The third kappa shape index (κ3) is 2.11. The van der Waals surface area contributed by atoms with E-state index in [2.05, 4.69) is 4.98 Å². The molecule has 0 spiro atoms. The first kappa shape index (κ1) is 10.0. The van der Waals surface area contributed by atoms with Gasteiger partial charge in [0.15, 0.2) is 0 Å². The molecule has 2 rings (SSSR count). The summed E-state index contributed by atoms with van der Waals surface area (Å²) in [5, 5.41) is 8.51. The number of carbonyl (C=O) groups is 1. The van der Waals surface area contributed by atoms with E-state index in [0.29, 0.717) is 5.92 Å². The highest BCUT2D eigenvalue weighted by Crippen LogP contribution is 2.34. The number of hydrogen-bond acceptors (Lipinski definition) is 2. The number of imidazole rings is 1. The summed E-state index contributed by atoms with van der Waals surface area (Å²) in [5.41, 5.74) is 0.759. The zero-order valence-corrected chi connectivity index (χ0v) is 8.40. The molecule has 0 aromatic carbocycles. The van der Waals surface area contributed by atoms with Crippen LogP contribution in [-0.2, 0) is 11.3 Å². The smallest absolute Gasteiger partial charge is 0.325 e. The second-order valence-corrected chi connectivity index (χ2v) is 3.98. The van der Waals surface area contributed by atoms with E-state index in [0.717, 1.165) is 18.5 Å². The molecule has 0 bridgehead atoms. The lowest BCUT2D eigenvalue weighted by Gasteiger charge is -2.23. The number of hydrogen-bond donors (Lipinski definition) is 2. The van der Waals surface area contributed by atoms with Gasteiger partial charge in [0.25, 0.3) is 0 Å². The fourth-order valence-electron chi connectivity index (χ4n) is 1.76. The molecule has 0 atom stereocenters. The second-order valence-electron chi connectivity index (χ2n) is 3.98. The summed E-state index contributed by atoms with van der Waals surface area (Å²) < 4.78 is 1.45. The number of nitrogens with zero attached hydrogens (tertiary/aromatic N) is 1. The lowest BCUT2D eigenvalue weighted by molar-refractivity contribution is -0.137. The third-order valence-corrected chi connectivity index (χ3v) is 2.92. The van der Waals surface area contributed by atoms with E-state index in [1.54, 1.807) is 6.20 Å². The molecule has 1 aliphatic rings. The minimum atomic E-state index is -0.881. The number of rotatable bonds is 4. The Morgan fingerprint density at radius 2 is 2.33 bits per heavy atom. The van der Waals surface area contributed by atoms with E-state index in [-0.39, 0.29) is 18.7 Å². The minimum Gasteiger partial charge on any atom is -0.481 e. The minimum absolute atomic E-state index is 0.0120. The SMILES string of the molecule is O=C(O)CCn1cc(C2CCC2)[nH]c1=O. The molecular formula is C10H14N2O3. The average Bonchev–Trinajstić information content (AvgIpc) is 2.40. The number of aliphatic carboxylic acids is 1. The Kier molecular flexibility index (Phi) is 2.62. The van der Waals surface area contributed by atoms with E-state index in [1.165, 1.54) is 11.0 Å². The van der Waals surface area contributed by atoms with Gasteiger partial charge in [-0.05, 0) is 12.8 Å². The van der Waals surface area contributed by atoms with Crippen LogP contribution < -0.4 is 5.69 Å². The molecule has 15 heavy (non-hydrogen) atoms. The average molecular weight is 210 g/mol. The summed E-state index contributed by atoms with van der Waals surface area (Å²) in [5.74, 6) is -0.405. The molecule has 1 aromatic rings. The molecule has 82 valence electrons. The molecule has 1 saturated carbocycles. The molecule has 5 heteroatoms. The van der Waals surface area contributed by atoms with Crippen molar-refractivity contribution in [1.82, 2.24) is 9.55 Å². The first-order valence-corrected chi connectivity index (χ1v) is 5.18. The zero-order valence-electron chi connectivity index (χ0n) is 8.40. The number of aryl methyl sites for hydroxylation is 1. The highest BCUT2D eigenvalue weighted by molar-refractivity contribution is 5.66. The fraction of sp³-hybridized carbons (Fsp3) is 0.600. The summed E-state index contributed by atoms with van der Waals surface area (Å²) in [6, 6.07) is 0. The van der Waals surface area contributed by atoms with Gasteiger partial charge in [0.2, 0.25) is 0 Å². The van der Waals surface area contributed by atoms with Crippen LogP contribution in [0.4, 0.5) is 0 Å². The van der Waals surface area contributed by atoms with Gasteiger partial charge < -0.3 is 10.1 Å². The Morgan fingerprint density at radius 3 is 2.87 bits per heavy atom. The second kappa shape index (κ2) is 3.92. The number of carboxylic acids is 1. The van der Waals surface area contributed by atoms with Gasteiger partial charge in [-0.25, -0.2) is 4.79 Å².